The smallest absolute Gasteiger partial charge is 0.261 e. The first-order chi connectivity index (χ1) is 12.9. The molecule has 2 N–H and O–H groups in total. The summed E-state index contributed by atoms with van der Waals surface area (Å²) < 4.78 is 27.4. The summed E-state index contributed by atoms with van der Waals surface area (Å²) in [6.07, 6.45) is 2.80. The predicted octanol–water partition coefficient (Wildman–Crippen LogP) is 4.72. The highest BCUT2D eigenvalue weighted by atomic mass is 35.5. The Hall–Kier alpha value is -3.32. The summed E-state index contributed by atoms with van der Waals surface area (Å²) in [5.41, 5.74) is 0.311. The molecule has 0 fully saturated rings. The number of aromatic nitrogens is 2. The molecule has 0 aliphatic rings. The molecule has 3 aromatic rings. The van der Waals surface area contributed by atoms with Gasteiger partial charge in [0.15, 0.2) is 0 Å². The number of carbonyl (C=O) groups is 1. The van der Waals surface area contributed by atoms with Crippen LogP contribution < -0.4 is 5.32 Å². The van der Waals surface area contributed by atoms with Gasteiger partial charge in [-0.25, -0.2) is 18.7 Å². The molecule has 1 heterocycles. The number of amides is 1. The van der Waals surface area contributed by atoms with Gasteiger partial charge in [0.05, 0.1) is 5.69 Å². The van der Waals surface area contributed by atoms with E-state index in [1.165, 1.54) is 30.5 Å². The van der Waals surface area contributed by atoms with Crippen molar-refractivity contribution in [3.8, 4) is 0 Å². The minimum Gasteiger partial charge on any atom is -0.507 e. The minimum absolute atomic E-state index is 0.0319. The molecule has 0 aliphatic heterocycles. The topological polar surface area (TPSA) is 75.1 Å². The van der Waals surface area contributed by atoms with E-state index in [4.69, 9.17) is 11.6 Å². The number of rotatable bonds is 4. The highest BCUT2D eigenvalue weighted by molar-refractivity contribution is 6.28. The minimum atomic E-state index is -0.966. The third kappa shape index (κ3) is 4.45. The lowest BCUT2D eigenvalue weighted by Gasteiger charge is -2.09. The van der Waals surface area contributed by atoms with Gasteiger partial charge in [0.1, 0.15) is 23.0 Å². The second kappa shape index (κ2) is 7.92. The second-order valence-corrected chi connectivity index (χ2v) is 5.75. The van der Waals surface area contributed by atoms with Crippen molar-refractivity contribution >= 4 is 35.0 Å². The lowest BCUT2D eigenvalue weighted by Crippen LogP contribution is -2.15. The number of halogens is 3. The molecule has 136 valence electrons. The Labute approximate surface area is 158 Å². The van der Waals surface area contributed by atoms with Gasteiger partial charge in [-0.05, 0) is 41.9 Å². The maximum Gasteiger partial charge on any atom is 0.261 e. The predicted molar refractivity (Wildman–Crippen MR) is 98.3 cm³/mol. The molecule has 0 spiro atoms. The molecule has 0 atom stereocenters. The molecule has 0 bridgehead atoms. The van der Waals surface area contributed by atoms with Gasteiger partial charge in [-0.15, -0.1) is 0 Å². The summed E-state index contributed by atoms with van der Waals surface area (Å²) in [5, 5.41) is 12.7. The van der Waals surface area contributed by atoms with Crippen LogP contribution in [0.5, 0.6) is 0 Å². The highest BCUT2D eigenvalue weighted by Gasteiger charge is 2.17. The van der Waals surface area contributed by atoms with Crippen molar-refractivity contribution in [3.05, 3.63) is 88.5 Å². The molecule has 0 radical (unpaired) electrons. The molecule has 0 aliphatic carbocycles. The Balaban J connectivity index is 1.84. The molecule has 5 nitrogen and oxygen atoms in total. The first kappa shape index (κ1) is 18.5. The number of nitrogens with one attached hydrogen (secondary N) is 1. The molecule has 0 unspecified atom stereocenters. The maximum atomic E-state index is 13.7. The Morgan fingerprint density at radius 2 is 1.81 bits per heavy atom. The molecular weight excluding hydrogens is 376 g/mol. The highest BCUT2D eigenvalue weighted by Crippen LogP contribution is 2.21. The first-order valence-corrected chi connectivity index (χ1v) is 8.07. The van der Waals surface area contributed by atoms with E-state index in [1.807, 2.05) is 0 Å². The molecule has 3 rings (SSSR count). The number of aliphatic hydroxyl groups excluding tert-OH is 1. The molecule has 0 saturated carbocycles. The van der Waals surface area contributed by atoms with Crippen LogP contribution in [-0.2, 0) is 0 Å². The van der Waals surface area contributed by atoms with Gasteiger partial charge in [0, 0.05) is 23.5 Å². The summed E-state index contributed by atoms with van der Waals surface area (Å²) >= 11 is 5.70. The van der Waals surface area contributed by atoms with Crippen LogP contribution in [0.2, 0.25) is 5.28 Å². The zero-order chi connectivity index (χ0) is 19.4. The van der Waals surface area contributed by atoms with E-state index in [-0.39, 0.29) is 16.7 Å². The molecule has 8 heteroatoms. The SMILES string of the molecule is O=C(Nc1cccc(C(O)=Cc2ccnc(Cl)n2)c1)c1c(F)cccc1F. The van der Waals surface area contributed by atoms with Crippen molar-refractivity contribution in [3.63, 3.8) is 0 Å². The van der Waals surface area contributed by atoms with Crippen molar-refractivity contribution in [2.45, 2.75) is 0 Å². The summed E-state index contributed by atoms with van der Waals surface area (Å²) in [7, 11) is 0. The monoisotopic (exact) mass is 387 g/mol. The summed E-state index contributed by atoms with van der Waals surface area (Å²) in [6.45, 7) is 0. The fourth-order valence-corrected chi connectivity index (χ4v) is 2.47. The molecule has 27 heavy (non-hydrogen) atoms. The number of hydrogen-bond acceptors (Lipinski definition) is 4. The first-order valence-electron chi connectivity index (χ1n) is 7.69. The van der Waals surface area contributed by atoms with Gasteiger partial charge < -0.3 is 10.4 Å². The largest absolute Gasteiger partial charge is 0.507 e. The zero-order valence-electron chi connectivity index (χ0n) is 13.7. The van der Waals surface area contributed by atoms with Crippen LogP contribution in [0.25, 0.3) is 11.8 Å². The van der Waals surface area contributed by atoms with E-state index in [1.54, 1.807) is 18.2 Å². The average molecular weight is 388 g/mol. The van der Waals surface area contributed by atoms with Crippen LogP contribution in [0.15, 0.2) is 54.7 Å². The van der Waals surface area contributed by atoms with Crippen molar-refractivity contribution in [2.24, 2.45) is 0 Å². The van der Waals surface area contributed by atoms with Gasteiger partial charge in [-0.1, -0.05) is 18.2 Å². The standard InChI is InChI=1S/C19H12ClF2N3O2/c20-19-23-8-7-13(25-19)10-16(26)11-3-1-4-12(9-11)24-18(27)17-14(21)5-2-6-15(17)22/h1-10,26H,(H,24,27). The Morgan fingerprint density at radius 1 is 1.11 bits per heavy atom. The number of anilines is 1. The van der Waals surface area contributed by atoms with Gasteiger partial charge in [0.2, 0.25) is 5.28 Å². The molecule has 0 saturated heterocycles. The zero-order valence-corrected chi connectivity index (χ0v) is 14.4. The maximum absolute atomic E-state index is 13.7. The molecule has 1 amide bonds. The van der Waals surface area contributed by atoms with E-state index >= 15 is 0 Å². The molecule has 1 aromatic heterocycles. The van der Waals surface area contributed by atoms with Gasteiger partial charge in [0.25, 0.3) is 5.91 Å². The summed E-state index contributed by atoms with van der Waals surface area (Å²) in [4.78, 5) is 19.8. The van der Waals surface area contributed by atoms with Crippen LogP contribution in [0.4, 0.5) is 14.5 Å². The van der Waals surface area contributed by atoms with E-state index < -0.39 is 23.1 Å². The molecule has 2 aromatic carbocycles. The van der Waals surface area contributed by atoms with Gasteiger partial charge >= 0.3 is 0 Å². The van der Waals surface area contributed by atoms with E-state index in [0.29, 0.717) is 11.3 Å². The number of hydrogen-bond donors (Lipinski definition) is 2. The van der Waals surface area contributed by atoms with Crippen molar-refractivity contribution in [1.82, 2.24) is 9.97 Å². The van der Waals surface area contributed by atoms with Crippen LogP contribution in [0, 0.1) is 11.6 Å². The van der Waals surface area contributed by atoms with Crippen molar-refractivity contribution in [1.29, 1.82) is 0 Å². The van der Waals surface area contributed by atoms with Crippen LogP contribution in [0.3, 0.4) is 0 Å². The third-order valence-electron chi connectivity index (χ3n) is 3.54. The summed E-state index contributed by atoms with van der Waals surface area (Å²) in [6, 6.07) is 10.8. The van der Waals surface area contributed by atoms with Gasteiger partial charge in [-0.3, -0.25) is 4.79 Å². The Kier molecular flexibility index (Phi) is 5.42. The molecular formula is C19H12ClF2N3O2. The number of carbonyl (C=O) groups excluding carboxylic acids is 1. The second-order valence-electron chi connectivity index (χ2n) is 5.41. The lowest BCUT2D eigenvalue weighted by molar-refractivity contribution is 0.101. The fourth-order valence-electron chi connectivity index (χ4n) is 2.32. The van der Waals surface area contributed by atoms with Gasteiger partial charge in [-0.2, -0.15) is 0 Å². The summed E-state index contributed by atoms with van der Waals surface area (Å²) in [5.74, 6) is -3.01. The van der Waals surface area contributed by atoms with Crippen LogP contribution in [-0.4, -0.2) is 21.0 Å². The van der Waals surface area contributed by atoms with Crippen LogP contribution >= 0.6 is 11.6 Å². The van der Waals surface area contributed by atoms with Crippen molar-refractivity contribution < 1.29 is 18.7 Å². The quantitative estimate of drug-likeness (QED) is 0.502. The van der Waals surface area contributed by atoms with Crippen molar-refractivity contribution in [2.75, 3.05) is 5.32 Å². The van der Waals surface area contributed by atoms with E-state index in [0.717, 1.165) is 12.1 Å². The van der Waals surface area contributed by atoms with Crippen LogP contribution in [0.1, 0.15) is 21.6 Å². The van der Waals surface area contributed by atoms with E-state index in [9.17, 15) is 18.7 Å². The number of aliphatic hydroxyl groups is 1. The Bertz CT molecular complexity index is 1020. The average Bonchev–Trinajstić information content (AvgIpc) is 2.62. The number of nitrogens with zero attached hydrogens (tertiary/aromatic N) is 2. The fraction of sp³-hybridized carbons (Fsp3) is 0. The Morgan fingerprint density at radius 3 is 2.52 bits per heavy atom. The normalized spacial score (nSPS) is 11.3. The van der Waals surface area contributed by atoms with E-state index in [2.05, 4.69) is 15.3 Å². The lowest BCUT2D eigenvalue weighted by atomic mass is 10.1. The number of benzene rings is 2. The third-order valence-corrected chi connectivity index (χ3v) is 3.72.